The minimum absolute atomic E-state index is 0.909. The highest BCUT2D eigenvalue weighted by molar-refractivity contribution is 6.09. The Bertz CT molecular complexity index is 1180. The maximum atomic E-state index is 4.40. The number of rotatable bonds is 2. The molecule has 0 unspecified atom stereocenters. The van der Waals surface area contributed by atoms with Gasteiger partial charge in [0.15, 0.2) is 0 Å². The van der Waals surface area contributed by atoms with Crippen molar-refractivity contribution in [3.8, 4) is 5.69 Å². The van der Waals surface area contributed by atoms with Gasteiger partial charge in [-0.05, 0) is 41.8 Å². The Morgan fingerprint density at radius 3 is 2.12 bits per heavy atom. The molecule has 25 heavy (non-hydrogen) atoms. The highest BCUT2D eigenvalue weighted by Gasteiger charge is 2.12. The summed E-state index contributed by atoms with van der Waals surface area (Å²) >= 11 is 0. The molecule has 0 bridgehead atoms. The van der Waals surface area contributed by atoms with Crippen molar-refractivity contribution < 1.29 is 0 Å². The molecule has 0 saturated heterocycles. The van der Waals surface area contributed by atoms with Gasteiger partial charge in [0.1, 0.15) is 5.82 Å². The van der Waals surface area contributed by atoms with Crippen molar-refractivity contribution >= 4 is 38.4 Å². The van der Waals surface area contributed by atoms with Crippen molar-refractivity contribution in [3.05, 3.63) is 79.0 Å². The van der Waals surface area contributed by atoms with Crippen LogP contribution in [0, 0.1) is 0 Å². The van der Waals surface area contributed by atoms with Gasteiger partial charge in [0.05, 0.1) is 11.0 Å². The highest BCUT2D eigenvalue weighted by atomic mass is 15.0. The third kappa shape index (κ3) is 2.02. The normalized spacial score (nSPS) is 11.4. The lowest BCUT2D eigenvalue weighted by atomic mass is 10.1. The summed E-state index contributed by atoms with van der Waals surface area (Å²) < 4.78 is 2.34. The van der Waals surface area contributed by atoms with Gasteiger partial charge >= 0.3 is 0 Å². The summed E-state index contributed by atoms with van der Waals surface area (Å²) in [4.78, 5) is 4.40. The third-order valence-corrected chi connectivity index (χ3v) is 4.82. The Morgan fingerprint density at radius 2 is 1.44 bits per heavy atom. The molecule has 0 aliphatic heterocycles. The van der Waals surface area contributed by atoms with Crippen molar-refractivity contribution in [2.45, 2.75) is 0 Å². The van der Waals surface area contributed by atoms with E-state index in [4.69, 9.17) is 0 Å². The van der Waals surface area contributed by atoms with Crippen LogP contribution in [0.4, 0.5) is 5.82 Å². The molecule has 0 saturated carbocycles. The van der Waals surface area contributed by atoms with Crippen molar-refractivity contribution in [2.24, 2.45) is 0 Å². The summed E-state index contributed by atoms with van der Waals surface area (Å²) in [5.74, 6) is 0.909. The molecule has 0 atom stereocenters. The van der Waals surface area contributed by atoms with Crippen LogP contribution in [0.15, 0.2) is 79.0 Å². The summed E-state index contributed by atoms with van der Waals surface area (Å²) in [6.45, 7) is 0. The van der Waals surface area contributed by atoms with Crippen LogP contribution in [0.1, 0.15) is 0 Å². The van der Waals surface area contributed by atoms with E-state index in [-0.39, 0.29) is 0 Å². The van der Waals surface area contributed by atoms with Crippen LogP contribution in [-0.2, 0) is 0 Å². The Labute approximate surface area is 145 Å². The summed E-state index contributed by atoms with van der Waals surface area (Å²) in [6.07, 6.45) is 1.85. The monoisotopic (exact) mass is 323 g/mol. The first-order valence-electron chi connectivity index (χ1n) is 8.42. The second-order valence-electron chi connectivity index (χ2n) is 6.18. The number of fused-ring (bicyclic) bond motifs is 4. The fraction of sp³-hybridized carbons (Fsp3) is 0.0455. The summed E-state index contributed by atoms with van der Waals surface area (Å²) in [6, 6.07) is 25.8. The molecular weight excluding hydrogens is 306 g/mol. The van der Waals surface area contributed by atoms with E-state index in [1.165, 1.54) is 27.2 Å². The van der Waals surface area contributed by atoms with Crippen LogP contribution < -0.4 is 5.32 Å². The molecule has 3 heteroatoms. The second-order valence-corrected chi connectivity index (χ2v) is 6.18. The molecular formula is C22H17N3. The van der Waals surface area contributed by atoms with Crippen LogP contribution in [0.25, 0.3) is 38.3 Å². The number of aromatic nitrogens is 2. The van der Waals surface area contributed by atoms with E-state index in [1.54, 1.807) is 0 Å². The Morgan fingerprint density at radius 1 is 0.760 bits per heavy atom. The number of benzene rings is 3. The van der Waals surface area contributed by atoms with E-state index in [9.17, 15) is 0 Å². The Kier molecular flexibility index (Phi) is 3.01. The zero-order chi connectivity index (χ0) is 16.8. The van der Waals surface area contributed by atoms with Crippen LogP contribution >= 0.6 is 0 Å². The van der Waals surface area contributed by atoms with E-state index in [0.717, 1.165) is 16.9 Å². The van der Waals surface area contributed by atoms with Gasteiger partial charge in [-0.2, -0.15) is 0 Å². The molecule has 1 N–H and O–H groups in total. The molecule has 5 aromatic rings. The lowest BCUT2D eigenvalue weighted by Crippen LogP contribution is -1.96. The summed E-state index contributed by atoms with van der Waals surface area (Å²) in [5.41, 5.74) is 3.62. The number of hydrogen-bond acceptors (Lipinski definition) is 2. The zero-order valence-electron chi connectivity index (χ0n) is 13.9. The molecule has 0 aliphatic carbocycles. The molecule has 0 spiro atoms. The number of para-hydroxylation sites is 2. The van der Waals surface area contributed by atoms with Gasteiger partial charge in [0.25, 0.3) is 0 Å². The molecule has 2 aromatic heterocycles. The fourth-order valence-electron chi connectivity index (χ4n) is 3.70. The highest BCUT2D eigenvalue weighted by Crippen LogP contribution is 2.33. The van der Waals surface area contributed by atoms with E-state index in [0.29, 0.717) is 0 Å². The van der Waals surface area contributed by atoms with E-state index < -0.39 is 0 Å². The molecule has 5 rings (SSSR count). The number of anilines is 1. The molecule has 0 fully saturated rings. The maximum Gasteiger partial charge on any atom is 0.133 e. The topological polar surface area (TPSA) is 29.9 Å². The molecule has 0 aliphatic rings. The predicted octanol–water partition coefficient (Wildman–Crippen LogP) is 5.37. The van der Waals surface area contributed by atoms with Crippen molar-refractivity contribution in [3.63, 3.8) is 0 Å². The Balaban J connectivity index is 1.87. The maximum absolute atomic E-state index is 4.40. The lowest BCUT2D eigenvalue weighted by molar-refractivity contribution is 1.18. The van der Waals surface area contributed by atoms with Crippen LogP contribution in [-0.4, -0.2) is 16.6 Å². The minimum Gasteiger partial charge on any atom is -0.373 e. The number of nitrogens with zero attached hydrogens (tertiary/aromatic N) is 2. The van der Waals surface area contributed by atoms with Gasteiger partial charge in [0.2, 0.25) is 0 Å². The smallest absolute Gasteiger partial charge is 0.133 e. The predicted molar refractivity (Wildman–Crippen MR) is 106 cm³/mol. The number of pyridine rings is 1. The summed E-state index contributed by atoms with van der Waals surface area (Å²) in [5, 5.41) is 8.04. The van der Waals surface area contributed by atoms with Crippen molar-refractivity contribution in [1.82, 2.24) is 9.55 Å². The zero-order valence-corrected chi connectivity index (χ0v) is 13.9. The van der Waals surface area contributed by atoms with Crippen LogP contribution in [0.3, 0.4) is 0 Å². The number of nitrogens with one attached hydrogen (secondary N) is 1. The molecule has 3 aromatic carbocycles. The van der Waals surface area contributed by atoms with E-state index >= 15 is 0 Å². The van der Waals surface area contributed by atoms with Gasteiger partial charge in [0, 0.05) is 35.1 Å². The molecule has 0 amide bonds. The van der Waals surface area contributed by atoms with Gasteiger partial charge in [-0.3, -0.25) is 0 Å². The fourth-order valence-corrected chi connectivity index (χ4v) is 3.70. The van der Waals surface area contributed by atoms with E-state index in [2.05, 4.69) is 87.7 Å². The second kappa shape index (κ2) is 5.35. The van der Waals surface area contributed by atoms with Crippen molar-refractivity contribution in [1.29, 1.82) is 0 Å². The quantitative estimate of drug-likeness (QED) is 0.473. The van der Waals surface area contributed by atoms with Gasteiger partial charge in [-0.15, -0.1) is 0 Å². The minimum atomic E-state index is 0.909. The lowest BCUT2D eigenvalue weighted by Gasteiger charge is -2.10. The number of hydrogen-bond donors (Lipinski definition) is 1. The average molecular weight is 323 g/mol. The molecule has 120 valence electrons. The molecule has 3 nitrogen and oxygen atoms in total. The van der Waals surface area contributed by atoms with Crippen LogP contribution in [0.5, 0.6) is 0 Å². The molecule has 0 radical (unpaired) electrons. The van der Waals surface area contributed by atoms with Gasteiger partial charge in [-0.25, -0.2) is 4.98 Å². The average Bonchev–Trinajstić information content (AvgIpc) is 3.01. The van der Waals surface area contributed by atoms with Gasteiger partial charge < -0.3 is 9.88 Å². The largest absolute Gasteiger partial charge is 0.373 e. The van der Waals surface area contributed by atoms with Gasteiger partial charge in [-0.1, -0.05) is 36.4 Å². The van der Waals surface area contributed by atoms with Crippen LogP contribution in [0.2, 0.25) is 0 Å². The molecule has 2 heterocycles. The Hall–Kier alpha value is -3.33. The van der Waals surface area contributed by atoms with Crippen molar-refractivity contribution in [2.75, 3.05) is 12.4 Å². The first-order valence-corrected chi connectivity index (χ1v) is 8.42. The standard InChI is InChI=1S/C22H17N3/c1-23-22-17-11-10-16(14-15(17)12-13-24-22)25-20-8-4-2-6-18(20)19-7-3-5-9-21(19)25/h2-14H,1H3,(H,23,24). The SMILES string of the molecule is CNc1nccc2cc(-n3c4ccccc4c4ccccc43)ccc12. The summed E-state index contributed by atoms with van der Waals surface area (Å²) in [7, 11) is 1.91. The first kappa shape index (κ1) is 14.1. The van der Waals surface area contributed by atoms with E-state index in [1.807, 2.05) is 13.2 Å². The first-order chi connectivity index (χ1) is 12.4. The third-order valence-electron chi connectivity index (χ3n) is 4.82.